The third-order valence-corrected chi connectivity index (χ3v) is 5.20. The third kappa shape index (κ3) is 5.44. The molecule has 0 aliphatic carbocycles. The standard InChI is InChI=1S/C24H29N3O2/c1-17(2)14-22(24(28)27-11-10-25)19-7-5-6-18(15-19)20-8-3-4-9-21(20)23-16-26-12-13-29-23/h3-9,15,17,22-23,26H,11-14,16H2,1-2H3,(H,27,28). The summed E-state index contributed by atoms with van der Waals surface area (Å²) in [7, 11) is 0. The molecule has 2 atom stereocenters. The van der Waals surface area contributed by atoms with Crippen LogP contribution in [0.15, 0.2) is 48.5 Å². The highest BCUT2D eigenvalue weighted by molar-refractivity contribution is 5.84. The molecule has 0 radical (unpaired) electrons. The van der Waals surface area contributed by atoms with Gasteiger partial charge in [0.15, 0.2) is 0 Å². The molecule has 2 N–H and O–H groups in total. The Bertz CT molecular complexity index is 866. The smallest absolute Gasteiger partial charge is 0.228 e. The van der Waals surface area contributed by atoms with Gasteiger partial charge in [0.2, 0.25) is 5.91 Å². The van der Waals surface area contributed by atoms with E-state index in [1.54, 1.807) is 0 Å². The quantitative estimate of drug-likeness (QED) is 0.705. The van der Waals surface area contributed by atoms with E-state index in [1.807, 2.05) is 30.3 Å². The Hall–Kier alpha value is -2.68. The monoisotopic (exact) mass is 391 g/mol. The zero-order valence-electron chi connectivity index (χ0n) is 17.2. The summed E-state index contributed by atoms with van der Waals surface area (Å²) < 4.78 is 5.98. The molecule has 2 aromatic rings. The topological polar surface area (TPSA) is 74.2 Å². The largest absolute Gasteiger partial charge is 0.371 e. The highest BCUT2D eigenvalue weighted by atomic mass is 16.5. The van der Waals surface area contributed by atoms with Gasteiger partial charge < -0.3 is 15.4 Å². The summed E-state index contributed by atoms with van der Waals surface area (Å²) in [4.78, 5) is 12.7. The first-order valence-corrected chi connectivity index (χ1v) is 10.3. The molecule has 5 heteroatoms. The third-order valence-electron chi connectivity index (χ3n) is 5.20. The van der Waals surface area contributed by atoms with Crippen molar-refractivity contribution in [1.29, 1.82) is 5.26 Å². The lowest BCUT2D eigenvalue weighted by molar-refractivity contribution is -0.122. The number of ether oxygens (including phenoxy) is 1. The fourth-order valence-electron chi connectivity index (χ4n) is 3.84. The minimum atomic E-state index is -0.275. The molecule has 0 bridgehead atoms. The van der Waals surface area contributed by atoms with E-state index in [1.165, 1.54) is 0 Å². The molecule has 1 heterocycles. The Balaban J connectivity index is 1.94. The molecule has 2 aromatic carbocycles. The summed E-state index contributed by atoms with van der Waals surface area (Å²) in [6.07, 6.45) is 0.756. The Morgan fingerprint density at radius 1 is 1.28 bits per heavy atom. The summed E-state index contributed by atoms with van der Waals surface area (Å²) in [6.45, 7) is 6.62. The fourth-order valence-corrected chi connectivity index (χ4v) is 3.84. The number of morpholine rings is 1. The number of hydrogen-bond acceptors (Lipinski definition) is 4. The number of carbonyl (C=O) groups excluding carboxylic acids is 1. The molecule has 29 heavy (non-hydrogen) atoms. The van der Waals surface area contributed by atoms with Crippen molar-refractivity contribution < 1.29 is 9.53 Å². The van der Waals surface area contributed by atoms with Crippen molar-refractivity contribution in [2.75, 3.05) is 26.2 Å². The second kappa shape index (κ2) is 10.2. The van der Waals surface area contributed by atoms with Crippen LogP contribution in [0.1, 0.15) is 43.4 Å². The van der Waals surface area contributed by atoms with Gasteiger partial charge in [0.1, 0.15) is 6.54 Å². The van der Waals surface area contributed by atoms with E-state index in [4.69, 9.17) is 10.00 Å². The van der Waals surface area contributed by atoms with Crippen molar-refractivity contribution in [2.24, 2.45) is 5.92 Å². The molecular formula is C24H29N3O2. The minimum Gasteiger partial charge on any atom is -0.371 e. The number of amides is 1. The Kier molecular flexibility index (Phi) is 7.40. The average molecular weight is 392 g/mol. The van der Waals surface area contributed by atoms with Gasteiger partial charge >= 0.3 is 0 Å². The average Bonchev–Trinajstić information content (AvgIpc) is 2.76. The van der Waals surface area contributed by atoms with Gasteiger partial charge in [-0.1, -0.05) is 62.4 Å². The van der Waals surface area contributed by atoms with E-state index in [2.05, 4.69) is 48.7 Å². The molecule has 0 saturated carbocycles. The van der Waals surface area contributed by atoms with Crippen LogP contribution in [-0.4, -0.2) is 32.1 Å². The maximum atomic E-state index is 12.7. The van der Waals surface area contributed by atoms with Crippen LogP contribution in [0.5, 0.6) is 0 Å². The summed E-state index contributed by atoms with van der Waals surface area (Å²) >= 11 is 0. The molecule has 1 fully saturated rings. The number of benzene rings is 2. The van der Waals surface area contributed by atoms with Crippen LogP contribution in [-0.2, 0) is 9.53 Å². The first-order valence-electron chi connectivity index (χ1n) is 10.3. The molecule has 1 amide bonds. The Morgan fingerprint density at radius 2 is 2.10 bits per heavy atom. The molecule has 1 saturated heterocycles. The lowest BCUT2D eigenvalue weighted by Crippen LogP contribution is -2.33. The van der Waals surface area contributed by atoms with Gasteiger partial charge in [-0.05, 0) is 34.6 Å². The normalized spacial score (nSPS) is 17.5. The maximum Gasteiger partial charge on any atom is 0.228 e. The molecule has 1 aliphatic heterocycles. The Labute approximate surface area is 173 Å². The molecule has 3 rings (SSSR count). The number of carbonyl (C=O) groups is 1. The van der Waals surface area contributed by atoms with Gasteiger partial charge in [-0.15, -0.1) is 0 Å². The van der Waals surface area contributed by atoms with Crippen molar-refractivity contribution in [1.82, 2.24) is 10.6 Å². The lowest BCUT2D eigenvalue weighted by Gasteiger charge is -2.26. The van der Waals surface area contributed by atoms with Gasteiger partial charge in [0, 0.05) is 13.1 Å². The summed E-state index contributed by atoms with van der Waals surface area (Å²) in [5.74, 6) is -0.000880. The van der Waals surface area contributed by atoms with Gasteiger partial charge in [-0.3, -0.25) is 4.79 Å². The van der Waals surface area contributed by atoms with Crippen LogP contribution in [0, 0.1) is 17.2 Å². The molecule has 1 aliphatic rings. The van der Waals surface area contributed by atoms with Crippen molar-refractivity contribution in [3.05, 3.63) is 59.7 Å². The van der Waals surface area contributed by atoms with E-state index in [9.17, 15) is 4.79 Å². The predicted molar refractivity (Wildman–Crippen MR) is 114 cm³/mol. The number of nitriles is 1. The van der Waals surface area contributed by atoms with Crippen molar-refractivity contribution in [2.45, 2.75) is 32.3 Å². The minimum absolute atomic E-state index is 0.0222. The number of rotatable bonds is 7. The molecule has 5 nitrogen and oxygen atoms in total. The molecule has 0 spiro atoms. The second-order valence-electron chi connectivity index (χ2n) is 7.83. The maximum absolute atomic E-state index is 12.7. The number of nitrogens with zero attached hydrogens (tertiary/aromatic N) is 1. The van der Waals surface area contributed by atoms with E-state index in [0.29, 0.717) is 12.5 Å². The van der Waals surface area contributed by atoms with Crippen LogP contribution < -0.4 is 10.6 Å². The summed E-state index contributed by atoms with van der Waals surface area (Å²) in [6, 6.07) is 18.5. The number of hydrogen-bond donors (Lipinski definition) is 2. The number of nitrogens with one attached hydrogen (secondary N) is 2. The highest BCUT2D eigenvalue weighted by Gasteiger charge is 2.23. The van der Waals surface area contributed by atoms with Crippen LogP contribution in [0.25, 0.3) is 11.1 Å². The SMILES string of the molecule is CC(C)CC(C(=O)NCC#N)c1cccc(-c2ccccc2C2CNCCO2)c1. The summed E-state index contributed by atoms with van der Waals surface area (Å²) in [5, 5.41) is 14.9. The molecular weight excluding hydrogens is 362 g/mol. The summed E-state index contributed by atoms with van der Waals surface area (Å²) in [5.41, 5.74) is 4.34. The van der Waals surface area contributed by atoms with Crippen LogP contribution in [0.3, 0.4) is 0 Å². The zero-order valence-corrected chi connectivity index (χ0v) is 17.2. The van der Waals surface area contributed by atoms with E-state index in [-0.39, 0.29) is 24.5 Å². The van der Waals surface area contributed by atoms with Crippen molar-refractivity contribution in [3.63, 3.8) is 0 Å². The van der Waals surface area contributed by atoms with Crippen LogP contribution in [0.4, 0.5) is 0 Å². The van der Waals surface area contributed by atoms with Gasteiger partial charge in [0.25, 0.3) is 0 Å². The van der Waals surface area contributed by atoms with Gasteiger partial charge in [0.05, 0.1) is 24.7 Å². The lowest BCUT2D eigenvalue weighted by atomic mass is 9.87. The van der Waals surface area contributed by atoms with Crippen molar-refractivity contribution in [3.8, 4) is 17.2 Å². The van der Waals surface area contributed by atoms with Gasteiger partial charge in [-0.25, -0.2) is 0 Å². The molecule has 152 valence electrons. The fraction of sp³-hybridized carbons (Fsp3) is 0.417. The van der Waals surface area contributed by atoms with E-state index in [0.717, 1.165) is 41.8 Å². The molecule has 2 unspecified atom stereocenters. The molecule has 0 aromatic heterocycles. The Morgan fingerprint density at radius 3 is 2.83 bits per heavy atom. The zero-order chi connectivity index (χ0) is 20.6. The van der Waals surface area contributed by atoms with E-state index >= 15 is 0 Å². The van der Waals surface area contributed by atoms with Crippen LogP contribution in [0.2, 0.25) is 0 Å². The highest BCUT2D eigenvalue weighted by Crippen LogP contribution is 2.33. The van der Waals surface area contributed by atoms with Crippen molar-refractivity contribution >= 4 is 5.91 Å². The first-order chi connectivity index (χ1) is 14.1. The van der Waals surface area contributed by atoms with Crippen LogP contribution >= 0.6 is 0 Å². The first kappa shape index (κ1) is 21.0. The second-order valence-corrected chi connectivity index (χ2v) is 7.83. The predicted octanol–water partition coefficient (Wildman–Crippen LogP) is 3.78. The van der Waals surface area contributed by atoms with Gasteiger partial charge in [-0.2, -0.15) is 5.26 Å². The van der Waals surface area contributed by atoms with E-state index < -0.39 is 0 Å².